The number of phenols is 1. The van der Waals surface area contributed by atoms with Gasteiger partial charge in [0.2, 0.25) is 12.2 Å². The SMILES string of the molecule is CC(=Cc1ccc(O[C@@H]2O[C@H](C(C)=CCOc3ccccc3)[C@@H](O)[C@@H]2O)c(O)c1)C(=O)N[C@@H]1[C@H](O)[C@@H](O)[C@H]2OCO[C@H]2[C@@H]1O. The van der Waals surface area contributed by atoms with Crippen LogP contribution < -0.4 is 14.8 Å². The topological polar surface area (TPSA) is 197 Å². The summed E-state index contributed by atoms with van der Waals surface area (Å²) in [5, 5.41) is 65.6. The summed E-state index contributed by atoms with van der Waals surface area (Å²) in [6.45, 7) is 3.32. The molecule has 2 aromatic rings. The average Bonchev–Trinajstić information content (AvgIpc) is 3.61. The number of carbonyl (C=O) groups is 1. The van der Waals surface area contributed by atoms with Gasteiger partial charge in [0, 0.05) is 5.57 Å². The van der Waals surface area contributed by atoms with Gasteiger partial charge in [-0.2, -0.15) is 0 Å². The highest BCUT2D eigenvalue weighted by atomic mass is 16.7. The minimum absolute atomic E-state index is 0.0222. The first-order valence-electron chi connectivity index (χ1n) is 14.2. The third-order valence-corrected chi connectivity index (χ3v) is 7.94. The number of para-hydroxylation sites is 1. The maximum atomic E-state index is 12.9. The van der Waals surface area contributed by atoms with Gasteiger partial charge in [0.1, 0.15) is 68.0 Å². The lowest BCUT2D eigenvalue weighted by atomic mass is 9.83. The van der Waals surface area contributed by atoms with Gasteiger partial charge in [-0.25, -0.2) is 0 Å². The number of rotatable bonds is 9. The van der Waals surface area contributed by atoms with Gasteiger partial charge in [-0.15, -0.1) is 0 Å². The standard InChI is InChI=1S/C31H37NO12/c1-15(10-11-40-18-6-4-3-5-7-18)27-25(37)26(38)31(44-27)43-20-9-8-17(13-19(20)33)12-16(2)30(39)32-21-22(34)24(36)29-28(23(21)35)41-14-42-29/h3-10,12-13,21-29,31,33-38H,11,14H2,1-2H3,(H,32,39)/t21-,22+,23-,24-,25+,26+,27-,28+,29-,31-/m1/s1. The van der Waals surface area contributed by atoms with E-state index in [0.717, 1.165) is 0 Å². The van der Waals surface area contributed by atoms with Crippen LogP contribution in [0.5, 0.6) is 17.2 Å². The number of hydrogen-bond acceptors (Lipinski definition) is 12. The van der Waals surface area contributed by atoms with E-state index in [4.69, 9.17) is 23.7 Å². The van der Waals surface area contributed by atoms with Crippen molar-refractivity contribution in [2.75, 3.05) is 13.4 Å². The van der Waals surface area contributed by atoms with Crippen molar-refractivity contribution in [1.82, 2.24) is 5.32 Å². The van der Waals surface area contributed by atoms with E-state index < -0.39 is 67.1 Å². The molecule has 1 saturated carbocycles. The van der Waals surface area contributed by atoms with Crippen molar-refractivity contribution in [3.63, 3.8) is 0 Å². The third-order valence-electron chi connectivity index (χ3n) is 7.94. The number of aliphatic hydroxyl groups excluding tert-OH is 5. The molecule has 10 atom stereocenters. The lowest BCUT2D eigenvalue weighted by molar-refractivity contribution is -0.155. The Hall–Kier alpha value is -3.53. The second-order valence-electron chi connectivity index (χ2n) is 11.0. The first kappa shape index (κ1) is 31.9. The molecular formula is C31H37NO12. The summed E-state index contributed by atoms with van der Waals surface area (Å²) in [6, 6.07) is 12.3. The number of aromatic hydroxyl groups is 1. The van der Waals surface area contributed by atoms with Gasteiger partial charge in [0.15, 0.2) is 11.5 Å². The zero-order chi connectivity index (χ0) is 31.5. The molecule has 7 N–H and O–H groups in total. The highest BCUT2D eigenvalue weighted by Gasteiger charge is 2.53. The Morgan fingerprint density at radius 1 is 0.932 bits per heavy atom. The van der Waals surface area contributed by atoms with E-state index in [1.54, 1.807) is 19.1 Å². The molecule has 5 rings (SSSR count). The molecular weight excluding hydrogens is 578 g/mol. The molecule has 2 heterocycles. The Morgan fingerprint density at radius 2 is 1.64 bits per heavy atom. The van der Waals surface area contributed by atoms with Crippen molar-refractivity contribution in [3.05, 3.63) is 71.3 Å². The lowest BCUT2D eigenvalue weighted by Gasteiger charge is -2.41. The van der Waals surface area contributed by atoms with E-state index in [1.165, 1.54) is 25.1 Å². The van der Waals surface area contributed by atoms with Crippen molar-refractivity contribution >= 4 is 12.0 Å². The van der Waals surface area contributed by atoms with E-state index in [0.29, 0.717) is 16.9 Å². The maximum Gasteiger partial charge on any atom is 0.247 e. The number of phenolic OH excluding ortho intramolecular Hbond substituents is 1. The Bertz CT molecular complexity index is 1370. The second-order valence-corrected chi connectivity index (χ2v) is 11.0. The third kappa shape index (κ3) is 6.75. The molecule has 3 aliphatic rings. The molecule has 0 unspecified atom stereocenters. The number of aliphatic hydroxyl groups is 5. The minimum Gasteiger partial charge on any atom is -0.504 e. The summed E-state index contributed by atoms with van der Waals surface area (Å²) in [5.41, 5.74) is 1.23. The molecule has 2 aromatic carbocycles. The number of fused-ring (bicyclic) bond motifs is 1. The molecule has 238 valence electrons. The number of carbonyl (C=O) groups excluding carboxylic acids is 1. The molecule has 1 aliphatic carbocycles. The Morgan fingerprint density at radius 3 is 2.34 bits per heavy atom. The molecule has 0 aromatic heterocycles. The van der Waals surface area contributed by atoms with E-state index in [-0.39, 0.29) is 30.5 Å². The summed E-state index contributed by atoms with van der Waals surface area (Å²) < 4.78 is 27.6. The van der Waals surface area contributed by atoms with Crippen molar-refractivity contribution in [3.8, 4) is 17.2 Å². The predicted octanol–water partition coefficient (Wildman–Crippen LogP) is -0.0311. The molecule has 2 aliphatic heterocycles. The normalized spacial score (nSPS) is 34.0. The van der Waals surface area contributed by atoms with Crippen LogP contribution in [0, 0.1) is 0 Å². The first-order chi connectivity index (χ1) is 21.0. The zero-order valence-corrected chi connectivity index (χ0v) is 24.1. The zero-order valence-electron chi connectivity index (χ0n) is 24.1. The van der Waals surface area contributed by atoms with Crippen LogP contribution in [0.3, 0.4) is 0 Å². The van der Waals surface area contributed by atoms with Gasteiger partial charge in [-0.05, 0) is 61.4 Å². The van der Waals surface area contributed by atoms with Gasteiger partial charge in [-0.1, -0.05) is 24.3 Å². The van der Waals surface area contributed by atoms with Gasteiger partial charge in [-0.3, -0.25) is 4.79 Å². The fourth-order valence-corrected chi connectivity index (χ4v) is 5.41. The van der Waals surface area contributed by atoms with Crippen molar-refractivity contribution < 1.29 is 59.1 Å². The number of amides is 1. The van der Waals surface area contributed by atoms with Crippen LogP contribution in [0.1, 0.15) is 19.4 Å². The molecule has 0 radical (unpaired) electrons. The van der Waals surface area contributed by atoms with Crippen LogP contribution in [0.15, 0.2) is 65.8 Å². The summed E-state index contributed by atoms with van der Waals surface area (Å²) in [5.74, 6) is -0.275. The molecule has 44 heavy (non-hydrogen) atoms. The van der Waals surface area contributed by atoms with Gasteiger partial charge < -0.3 is 59.6 Å². The Balaban J connectivity index is 1.18. The molecule has 13 heteroatoms. The quantitative estimate of drug-likeness (QED) is 0.147. The second kappa shape index (κ2) is 13.6. The van der Waals surface area contributed by atoms with Crippen molar-refractivity contribution in [2.24, 2.45) is 0 Å². The van der Waals surface area contributed by atoms with Crippen LogP contribution >= 0.6 is 0 Å². The molecule has 2 saturated heterocycles. The van der Waals surface area contributed by atoms with Crippen LogP contribution in [-0.2, 0) is 19.0 Å². The van der Waals surface area contributed by atoms with Crippen molar-refractivity contribution in [2.45, 2.75) is 75.0 Å². The van der Waals surface area contributed by atoms with E-state index in [1.807, 2.05) is 30.3 Å². The predicted molar refractivity (Wildman–Crippen MR) is 153 cm³/mol. The highest BCUT2D eigenvalue weighted by Crippen LogP contribution is 2.34. The molecule has 0 spiro atoms. The molecule has 3 fully saturated rings. The van der Waals surface area contributed by atoms with E-state index in [2.05, 4.69) is 5.32 Å². The summed E-state index contributed by atoms with van der Waals surface area (Å²) in [6.07, 6.45) is -7.59. The van der Waals surface area contributed by atoms with Gasteiger partial charge >= 0.3 is 0 Å². The lowest BCUT2D eigenvalue weighted by Crippen LogP contribution is -2.67. The highest BCUT2D eigenvalue weighted by molar-refractivity contribution is 5.97. The van der Waals surface area contributed by atoms with Gasteiger partial charge in [0.25, 0.3) is 0 Å². The smallest absolute Gasteiger partial charge is 0.247 e. The summed E-state index contributed by atoms with van der Waals surface area (Å²) >= 11 is 0. The van der Waals surface area contributed by atoms with Gasteiger partial charge in [0.05, 0.1) is 6.04 Å². The minimum atomic E-state index is -1.49. The first-order valence-corrected chi connectivity index (χ1v) is 14.2. The largest absolute Gasteiger partial charge is 0.504 e. The summed E-state index contributed by atoms with van der Waals surface area (Å²) in [4.78, 5) is 12.9. The average molecular weight is 616 g/mol. The van der Waals surface area contributed by atoms with Crippen LogP contribution in [-0.4, -0.2) is 111 Å². The molecule has 1 amide bonds. The number of hydrogen-bond donors (Lipinski definition) is 7. The monoisotopic (exact) mass is 615 g/mol. The van der Waals surface area contributed by atoms with Crippen molar-refractivity contribution in [1.29, 1.82) is 0 Å². The number of nitrogens with one attached hydrogen (secondary N) is 1. The summed E-state index contributed by atoms with van der Waals surface area (Å²) in [7, 11) is 0. The van der Waals surface area contributed by atoms with E-state index >= 15 is 0 Å². The number of ether oxygens (including phenoxy) is 5. The fraction of sp³-hybridized carbons (Fsp3) is 0.452. The number of benzene rings is 2. The molecule has 0 bridgehead atoms. The Labute approximate surface area is 253 Å². The van der Waals surface area contributed by atoms with Crippen LogP contribution in [0.4, 0.5) is 0 Å². The molecule has 13 nitrogen and oxygen atoms in total. The fourth-order valence-electron chi connectivity index (χ4n) is 5.41. The van der Waals surface area contributed by atoms with Crippen LogP contribution in [0.2, 0.25) is 0 Å². The van der Waals surface area contributed by atoms with Crippen LogP contribution in [0.25, 0.3) is 6.08 Å². The Kier molecular flexibility index (Phi) is 9.87. The maximum absolute atomic E-state index is 12.9. The van der Waals surface area contributed by atoms with E-state index in [9.17, 15) is 35.4 Å².